The molecule has 1 aromatic carbocycles. The Balaban J connectivity index is 1.99. The number of thiophene rings is 1. The van der Waals surface area contributed by atoms with Crippen LogP contribution in [0.2, 0.25) is 0 Å². The van der Waals surface area contributed by atoms with Gasteiger partial charge in [-0.2, -0.15) is 0 Å². The van der Waals surface area contributed by atoms with Gasteiger partial charge in [0.1, 0.15) is 5.75 Å². The van der Waals surface area contributed by atoms with Gasteiger partial charge in [-0.3, -0.25) is 0 Å². The van der Waals surface area contributed by atoms with E-state index in [1.807, 2.05) is 19.2 Å². The van der Waals surface area contributed by atoms with Crippen LogP contribution in [0, 0.1) is 0 Å². The third-order valence-electron chi connectivity index (χ3n) is 3.47. The summed E-state index contributed by atoms with van der Waals surface area (Å²) in [6.07, 6.45) is 0. The minimum Gasteiger partial charge on any atom is -0.493 e. The minimum absolute atomic E-state index is 0.251. The molecule has 2 nitrogen and oxygen atoms in total. The van der Waals surface area contributed by atoms with E-state index in [4.69, 9.17) is 4.74 Å². The van der Waals surface area contributed by atoms with E-state index in [1.165, 1.54) is 14.9 Å². The summed E-state index contributed by atoms with van der Waals surface area (Å²) in [5.74, 6) is 1.36. The number of para-hydroxylation sites is 1. The van der Waals surface area contributed by atoms with E-state index in [1.54, 1.807) is 11.3 Å². The first kappa shape index (κ1) is 13.6. The zero-order chi connectivity index (χ0) is 13.4. The lowest BCUT2D eigenvalue weighted by atomic mass is 9.90. The van der Waals surface area contributed by atoms with E-state index < -0.39 is 0 Å². The van der Waals surface area contributed by atoms with Crippen LogP contribution in [0.5, 0.6) is 5.75 Å². The molecule has 0 aliphatic carbocycles. The van der Waals surface area contributed by atoms with E-state index in [2.05, 4.69) is 55.4 Å². The molecule has 0 amide bonds. The van der Waals surface area contributed by atoms with Crippen molar-refractivity contribution in [3.8, 4) is 5.75 Å². The van der Waals surface area contributed by atoms with Gasteiger partial charge in [-0.1, -0.05) is 18.2 Å². The number of fused-ring (bicyclic) bond motifs is 1. The van der Waals surface area contributed by atoms with Crippen LogP contribution in [0.4, 0.5) is 0 Å². The summed E-state index contributed by atoms with van der Waals surface area (Å²) in [4.78, 5) is 0. The predicted octanol–water partition coefficient (Wildman–Crippen LogP) is 4.71. The fraction of sp³-hybridized carbons (Fsp3) is 0.286. The quantitative estimate of drug-likeness (QED) is 0.802. The fourth-order valence-electron chi connectivity index (χ4n) is 2.60. The van der Waals surface area contributed by atoms with Crippen LogP contribution in [0.15, 0.2) is 37.9 Å². The molecule has 0 saturated carbocycles. The third-order valence-corrected chi connectivity index (χ3v) is 5.85. The van der Waals surface area contributed by atoms with E-state index in [9.17, 15) is 0 Å². The van der Waals surface area contributed by atoms with Gasteiger partial charge in [-0.05, 0) is 56.6 Å². The van der Waals surface area contributed by atoms with Crippen molar-refractivity contribution in [2.24, 2.45) is 0 Å². The number of hydrogen-bond donors (Lipinski definition) is 1. The SMILES string of the molecule is CNC(c1cc(Br)sc1Br)C1COc2ccccc21. The Morgan fingerprint density at radius 2 is 2.16 bits per heavy atom. The predicted molar refractivity (Wildman–Crippen MR) is 86.2 cm³/mol. The van der Waals surface area contributed by atoms with E-state index >= 15 is 0 Å². The Kier molecular flexibility index (Phi) is 3.98. The normalized spacial score (nSPS) is 19.0. The topological polar surface area (TPSA) is 21.3 Å². The average Bonchev–Trinajstić information content (AvgIpc) is 2.96. The van der Waals surface area contributed by atoms with Crippen LogP contribution in [-0.4, -0.2) is 13.7 Å². The highest BCUT2D eigenvalue weighted by molar-refractivity contribution is 9.12. The Morgan fingerprint density at radius 1 is 1.37 bits per heavy atom. The summed E-state index contributed by atoms with van der Waals surface area (Å²) in [7, 11) is 2.00. The van der Waals surface area contributed by atoms with Crippen molar-refractivity contribution >= 4 is 43.2 Å². The molecule has 0 spiro atoms. The number of benzene rings is 1. The molecule has 0 radical (unpaired) electrons. The zero-order valence-electron chi connectivity index (χ0n) is 10.3. The molecule has 5 heteroatoms. The first-order valence-electron chi connectivity index (χ1n) is 6.04. The second-order valence-electron chi connectivity index (χ2n) is 4.50. The molecule has 0 fully saturated rings. The molecule has 1 aromatic heterocycles. The molecule has 2 unspecified atom stereocenters. The van der Waals surface area contributed by atoms with E-state index in [0.717, 1.165) is 16.1 Å². The summed E-state index contributed by atoms with van der Waals surface area (Å²) < 4.78 is 8.11. The van der Waals surface area contributed by atoms with E-state index in [-0.39, 0.29) is 6.04 Å². The van der Waals surface area contributed by atoms with Gasteiger partial charge < -0.3 is 10.1 Å². The highest BCUT2D eigenvalue weighted by Crippen LogP contribution is 2.45. The van der Waals surface area contributed by atoms with Gasteiger partial charge in [0, 0.05) is 17.5 Å². The molecule has 1 aliphatic rings. The first-order valence-corrected chi connectivity index (χ1v) is 8.44. The number of likely N-dealkylation sites (N-methyl/N-ethyl adjacent to an activating group) is 1. The average molecular weight is 403 g/mol. The van der Waals surface area contributed by atoms with Crippen LogP contribution >= 0.6 is 43.2 Å². The molecular weight excluding hydrogens is 390 g/mol. The highest BCUT2D eigenvalue weighted by Gasteiger charge is 2.32. The maximum Gasteiger partial charge on any atom is 0.122 e. The smallest absolute Gasteiger partial charge is 0.122 e. The second-order valence-corrected chi connectivity index (χ2v) is 8.25. The molecule has 19 heavy (non-hydrogen) atoms. The Morgan fingerprint density at radius 3 is 2.84 bits per heavy atom. The van der Waals surface area contributed by atoms with Crippen molar-refractivity contribution in [1.29, 1.82) is 0 Å². The van der Waals surface area contributed by atoms with Crippen LogP contribution in [0.25, 0.3) is 0 Å². The molecule has 2 heterocycles. The summed E-state index contributed by atoms with van der Waals surface area (Å²) in [5, 5.41) is 3.43. The zero-order valence-corrected chi connectivity index (χ0v) is 14.3. The van der Waals surface area contributed by atoms with Crippen molar-refractivity contribution in [2.45, 2.75) is 12.0 Å². The summed E-state index contributed by atoms with van der Waals surface area (Å²) in [5.41, 5.74) is 2.57. The number of rotatable bonds is 3. The Hall–Kier alpha value is -0.360. The summed E-state index contributed by atoms with van der Waals surface area (Å²) >= 11 is 8.91. The van der Waals surface area contributed by atoms with Crippen LogP contribution in [0.1, 0.15) is 23.1 Å². The summed E-state index contributed by atoms with van der Waals surface area (Å²) in [6.45, 7) is 0.727. The molecule has 100 valence electrons. The largest absolute Gasteiger partial charge is 0.493 e. The lowest BCUT2D eigenvalue weighted by molar-refractivity contribution is 0.304. The number of ether oxygens (including phenoxy) is 1. The van der Waals surface area contributed by atoms with Gasteiger partial charge >= 0.3 is 0 Å². The monoisotopic (exact) mass is 401 g/mol. The molecule has 2 atom stereocenters. The standard InChI is InChI=1S/C14H13Br2NOS/c1-17-13(9-6-12(15)19-14(9)16)10-7-18-11-5-3-2-4-8(10)11/h2-6,10,13,17H,7H2,1H3. The van der Waals surface area contributed by atoms with Gasteiger partial charge in [0.25, 0.3) is 0 Å². The number of hydrogen-bond acceptors (Lipinski definition) is 3. The van der Waals surface area contributed by atoms with E-state index in [0.29, 0.717) is 5.92 Å². The van der Waals surface area contributed by atoms with Crippen molar-refractivity contribution in [1.82, 2.24) is 5.32 Å². The van der Waals surface area contributed by atoms with Crippen molar-refractivity contribution in [2.75, 3.05) is 13.7 Å². The molecule has 1 aliphatic heterocycles. The second kappa shape index (κ2) is 5.56. The highest BCUT2D eigenvalue weighted by atomic mass is 79.9. The van der Waals surface area contributed by atoms with Crippen molar-refractivity contribution in [3.63, 3.8) is 0 Å². The minimum atomic E-state index is 0.251. The molecular formula is C14H13Br2NOS. The third kappa shape index (κ3) is 2.49. The Bertz CT molecular complexity index is 599. The van der Waals surface area contributed by atoms with Gasteiger partial charge in [0.15, 0.2) is 0 Å². The molecule has 0 saturated heterocycles. The number of nitrogens with one attached hydrogen (secondary N) is 1. The molecule has 0 bridgehead atoms. The number of halogens is 2. The molecule has 1 N–H and O–H groups in total. The lowest BCUT2D eigenvalue weighted by Gasteiger charge is -2.22. The maximum absolute atomic E-state index is 5.80. The Labute approximate surface area is 133 Å². The van der Waals surface area contributed by atoms with Crippen molar-refractivity contribution < 1.29 is 4.74 Å². The van der Waals surface area contributed by atoms with Gasteiger partial charge in [-0.15, -0.1) is 11.3 Å². The van der Waals surface area contributed by atoms with Gasteiger partial charge in [-0.25, -0.2) is 0 Å². The lowest BCUT2D eigenvalue weighted by Crippen LogP contribution is -2.24. The van der Waals surface area contributed by atoms with Gasteiger partial charge in [0.2, 0.25) is 0 Å². The maximum atomic E-state index is 5.80. The first-order chi connectivity index (χ1) is 9.20. The summed E-state index contributed by atoms with van der Waals surface area (Å²) in [6, 6.07) is 10.7. The van der Waals surface area contributed by atoms with Crippen LogP contribution in [0.3, 0.4) is 0 Å². The fourth-order valence-corrected chi connectivity index (χ4v) is 5.53. The van der Waals surface area contributed by atoms with Crippen molar-refractivity contribution in [3.05, 3.63) is 49.0 Å². The molecule has 3 rings (SSSR count). The molecule has 2 aromatic rings. The van der Waals surface area contributed by atoms with Crippen LogP contribution < -0.4 is 10.1 Å². The van der Waals surface area contributed by atoms with Crippen LogP contribution in [-0.2, 0) is 0 Å². The van der Waals surface area contributed by atoms with Gasteiger partial charge in [0.05, 0.1) is 14.2 Å².